The van der Waals surface area contributed by atoms with Gasteiger partial charge in [0.05, 0.1) is 32.7 Å². The van der Waals surface area contributed by atoms with Crippen LogP contribution in [0.25, 0.3) is 10.8 Å². The number of carbonyl (C=O) groups excluding carboxylic acids is 1. The largest absolute Gasteiger partial charge is 0.493 e. The number of aliphatic imine (C=N–C) groups is 1. The molecule has 2 atom stereocenters. The Morgan fingerprint density at radius 1 is 0.933 bits per heavy atom. The molecule has 0 N–H and O–H groups in total. The van der Waals surface area contributed by atoms with E-state index >= 15 is 0 Å². The van der Waals surface area contributed by atoms with Crippen molar-refractivity contribution in [3.63, 3.8) is 0 Å². The van der Waals surface area contributed by atoms with Crippen molar-refractivity contribution in [2.45, 2.75) is 5.92 Å². The van der Waals surface area contributed by atoms with E-state index in [0.717, 1.165) is 33.3 Å². The Morgan fingerprint density at radius 3 is 2.37 bits per heavy atom. The molecule has 1 fully saturated rings. The van der Waals surface area contributed by atoms with Crippen molar-refractivity contribution in [3.8, 4) is 17.2 Å². The van der Waals surface area contributed by atoms with E-state index in [4.69, 9.17) is 23.9 Å². The standard InChI is InChI=1S/C24H21NO5/c1-27-18-10-14(11-19(28-2)23(18)29-3)20-16-9-8-13-6-4-5-7-15(13)22(16)25-17-12-30-24(26)21(17)20/h4-11,20-21H,12H2,1-3H3. The summed E-state index contributed by atoms with van der Waals surface area (Å²) in [6.07, 6.45) is 0. The second-order valence-electron chi connectivity index (χ2n) is 7.35. The first-order valence-electron chi connectivity index (χ1n) is 9.72. The monoisotopic (exact) mass is 403 g/mol. The number of cyclic esters (lactones) is 1. The van der Waals surface area contributed by atoms with Crippen molar-refractivity contribution in [2.75, 3.05) is 27.9 Å². The molecule has 3 aromatic carbocycles. The number of fused-ring (bicyclic) bond motifs is 4. The molecule has 152 valence electrons. The third-order valence-corrected chi connectivity index (χ3v) is 5.88. The van der Waals surface area contributed by atoms with Crippen LogP contribution in [0.4, 0.5) is 5.69 Å². The van der Waals surface area contributed by atoms with Gasteiger partial charge in [-0.05, 0) is 28.6 Å². The maximum atomic E-state index is 12.7. The lowest BCUT2D eigenvalue weighted by molar-refractivity contribution is -0.141. The molecule has 30 heavy (non-hydrogen) atoms. The fourth-order valence-corrected chi connectivity index (χ4v) is 4.51. The molecule has 0 radical (unpaired) electrons. The summed E-state index contributed by atoms with van der Waals surface area (Å²) in [7, 11) is 4.74. The number of rotatable bonds is 4. The van der Waals surface area contributed by atoms with Gasteiger partial charge in [0.1, 0.15) is 12.5 Å². The van der Waals surface area contributed by atoms with Gasteiger partial charge in [0, 0.05) is 11.3 Å². The molecule has 0 bridgehead atoms. The van der Waals surface area contributed by atoms with Gasteiger partial charge < -0.3 is 18.9 Å². The molecule has 5 rings (SSSR count). The minimum atomic E-state index is -0.471. The Labute approximate surface area is 174 Å². The van der Waals surface area contributed by atoms with E-state index < -0.39 is 5.92 Å². The van der Waals surface area contributed by atoms with Gasteiger partial charge in [-0.15, -0.1) is 0 Å². The average Bonchev–Trinajstić information content (AvgIpc) is 3.16. The zero-order valence-electron chi connectivity index (χ0n) is 17.0. The zero-order chi connectivity index (χ0) is 20.8. The summed E-state index contributed by atoms with van der Waals surface area (Å²) in [6, 6.07) is 16.1. The third-order valence-electron chi connectivity index (χ3n) is 5.88. The molecule has 0 spiro atoms. The minimum absolute atomic E-state index is 0.215. The Balaban J connectivity index is 1.79. The molecule has 3 aromatic rings. The molecular weight excluding hydrogens is 382 g/mol. The highest BCUT2D eigenvalue weighted by molar-refractivity contribution is 6.13. The van der Waals surface area contributed by atoms with E-state index in [1.807, 2.05) is 24.3 Å². The fraction of sp³-hybridized carbons (Fsp3) is 0.250. The van der Waals surface area contributed by atoms with E-state index in [2.05, 4.69) is 24.3 Å². The normalized spacial score (nSPS) is 19.6. The summed E-state index contributed by atoms with van der Waals surface area (Å²) in [6.45, 7) is 0.215. The van der Waals surface area contributed by atoms with Crippen LogP contribution in [0.3, 0.4) is 0 Å². The van der Waals surface area contributed by atoms with Crippen molar-refractivity contribution in [3.05, 3.63) is 59.7 Å². The highest BCUT2D eigenvalue weighted by Gasteiger charge is 2.45. The SMILES string of the molecule is COc1cc(C2c3ccc4ccccc4c3N=C3COC(=O)C32)cc(OC)c1OC. The molecule has 0 aliphatic carbocycles. The number of esters is 1. The zero-order valence-corrected chi connectivity index (χ0v) is 17.0. The lowest BCUT2D eigenvalue weighted by atomic mass is 9.75. The topological polar surface area (TPSA) is 66.4 Å². The Hall–Kier alpha value is -3.54. The molecule has 6 nitrogen and oxygen atoms in total. The molecular formula is C24H21NO5. The summed E-state index contributed by atoms with van der Waals surface area (Å²) in [5.74, 6) is 0.615. The van der Waals surface area contributed by atoms with Crippen LogP contribution < -0.4 is 14.2 Å². The molecule has 0 amide bonds. The summed E-state index contributed by atoms with van der Waals surface area (Å²) in [5, 5.41) is 2.16. The number of benzene rings is 3. The summed E-state index contributed by atoms with van der Waals surface area (Å²) in [4.78, 5) is 17.6. The van der Waals surface area contributed by atoms with E-state index in [1.165, 1.54) is 0 Å². The molecule has 2 unspecified atom stereocenters. The summed E-state index contributed by atoms with van der Waals surface area (Å²) in [5.41, 5.74) is 3.51. The quantitative estimate of drug-likeness (QED) is 0.609. The minimum Gasteiger partial charge on any atom is -0.493 e. The summed E-state index contributed by atoms with van der Waals surface area (Å²) >= 11 is 0. The average molecular weight is 403 g/mol. The maximum absolute atomic E-state index is 12.7. The van der Waals surface area contributed by atoms with E-state index in [-0.39, 0.29) is 18.5 Å². The Kier molecular flexibility index (Phi) is 4.35. The van der Waals surface area contributed by atoms with Gasteiger partial charge >= 0.3 is 5.97 Å². The van der Waals surface area contributed by atoms with Gasteiger partial charge in [-0.25, -0.2) is 0 Å². The van der Waals surface area contributed by atoms with Crippen molar-refractivity contribution in [1.29, 1.82) is 0 Å². The van der Waals surface area contributed by atoms with Crippen LogP contribution in [-0.2, 0) is 9.53 Å². The van der Waals surface area contributed by atoms with Gasteiger partial charge in [0.25, 0.3) is 0 Å². The lowest BCUT2D eigenvalue weighted by Gasteiger charge is -2.29. The second-order valence-corrected chi connectivity index (χ2v) is 7.35. The van der Waals surface area contributed by atoms with Crippen LogP contribution >= 0.6 is 0 Å². The lowest BCUT2D eigenvalue weighted by Crippen LogP contribution is -2.28. The molecule has 6 heteroatoms. The first-order valence-corrected chi connectivity index (χ1v) is 9.72. The van der Waals surface area contributed by atoms with Crippen LogP contribution in [0.5, 0.6) is 17.2 Å². The number of ether oxygens (including phenoxy) is 4. The van der Waals surface area contributed by atoms with Crippen molar-refractivity contribution in [2.24, 2.45) is 10.9 Å². The smallest absolute Gasteiger partial charge is 0.316 e. The van der Waals surface area contributed by atoms with Gasteiger partial charge in [0.2, 0.25) is 5.75 Å². The first kappa shape index (κ1) is 18.5. The number of hydrogen-bond acceptors (Lipinski definition) is 6. The van der Waals surface area contributed by atoms with Crippen LogP contribution in [-0.4, -0.2) is 39.6 Å². The van der Waals surface area contributed by atoms with Gasteiger partial charge in [-0.2, -0.15) is 0 Å². The summed E-state index contributed by atoms with van der Waals surface area (Å²) < 4.78 is 22.0. The van der Waals surface area contributed by atoms with Gasteiger partial charge in [-0.3, -0.25) is 9.79 Å². The molecule has 2 aliphatic rings. The molecule has 2 heterocycles. The molecule has 1 saturated heterocycles. The molecule has 0 saturated carbocycles. The highest BCUT2D eigenvalue weighted by Crippen LogP contribution is 2.50. The highest BCUT2D eigenvalue weighted by atomic mass is 16.5. The predicted molar refractivity (Wildman–Crippen MR) is 113 cm³/mol. The number of methoxy groups -OCH3 is 3. The van der Waals surface area contributed by atoms with Crippen LogP contribution in [0, 0.1) is 5.92 Å². The van der Waals surface area contributed by atoms with Gasteiger partial charge in [-0.1, -0.05) is 36.4 Å². The van der Waals surface area contributed by atoms with Crippen LogP contribution in [0.2, 0.25) is 0 Å². The van der Waals surface area contributed by atoms with E-state index in [9.17, 15) is 4.79 Å². The van der Waals surface area contributed by atoms with Crippen molar-refractivity contribution in [1.82, 2.24) is 0 Å². The Bertz CT molecular complexity index is 1170. The van der Waals surface area contributed by atoms with Crippen molar-refractivity contribution >= 4 is 28.1 Å². The fourth-order valence-electron chi connectivity index (χ4n) is 4.51. The maximum Gasteiger partial charge on any atom is 0.316 e. The molecule has 0 aromatic heterocycles. The number of nitrogens with zero attached hydrogens (tertiary/aromatic N) is 1. The van der Waals surface area contributed by atoms with Gasteiger partial charge in [0.15, 0.2) is 11.5 Å². The van der Waals surface area contributed by atoms with E-state index in [1.54, 1.807) is 21.3 Å². The Morgan fingerprint density at radius 2 is 1.67 bits per heavy atom. The van der Waals surface area contributed by atoms with E-state index in [0.29, 0.717) is 17.2 Å². The number of carbonyl (C=O) groups is 1. The predicted octanol–water partition coefficient (Wildman–Crippen LogP) is 4.26. The first-order chi connectivity index (χ1) is 14.7. The van der Waals surface area contributed by atoms with Crippen molar-refractivity contribution < 1.29 is 23.7 Å². The molecule has 2 aliphatic heterocycles. The number of hydrogen-bond donors (Lipinski definition) is 0. The van der Waals surface area contributed by atoms with Crippen LogP contribution in [0.15, 0.2) is 53.5 Å². The second kappa shape index (κ2) is 7.06. The van der Waals surface area contributed by atoms with Crippen LogP contribution in [0.1, 0.15) is 17.0 Å². The third kappa shape index (κ3) is 2.64.